The molecule has 1 aromatic heterocycles. The zero-order chi connectivity index (χ0) is 16.7. The molecule has 23 heavy (non-hydrogen) atoms. The van der Waals surface area contributed by atoms with E-state index in [0.717, 1.165) is 5.56 Å². The van der Waals surface area contributed by atoms with E-state index in [-0.39, 0.29) is 19.0 Å². The van der Waals surface area contributed by atoms with Crippen LogP contribution in [0.1, 0.15) is 27.6 Å². The van der Waals surface area contributed by atoms with Gasteiger partial charge in [0.25, 0.3) is 5.91 Å². The Kier molecular flexibility index (Phi) is 3.81. The molecule has 3 rings (SSSR count). The van der Waals surface area contributed by atoms with Gasteiger partial charge < -0.3 is 14.6 Å². The lowest BCUT2D eigenvalue weighted by Gasteiger charge is -2.33. The second-order valence-electron chi connectivity index (χ2n) is 5.53. The van der Waals surface area contributed by atoms with Gasteiger partial charge in [-0.3, -0.25) is 4.79 Å². The molecule has 120 valence electrons. The number of nitrogens with zero attached hydrogens (tertiary/aromatic N) is 4. The number of carbonyl (C=O) groups excluding carboxylic acids is 1. The van der Waals surface area contributed by atoms with E-state index in [1.165, 1.54) is 4.90 Å². The van der Waals surface area contributed by atoms with E-state index in [1.54, 1.807) is 29.7 Å². The number of hydrogen-bond donors (Lipinski definition) is 1. The third-order valence-electron chi connectivity index (χ3n) is 4.02. The first kappa shape index (κ1) is 15.5. The second-order valence-corrected chi connectivity index (χ2v) is 5.93. The van der Waals surface area contributed by atoms with Crippen LogP contribution in [-0.4, -0.2) is 42.7 Å². The van der Waals surface area contributed by atoms with Gasteiger partial charge in [0.1, 0.15) is 11.9 Å². The van der Waals surface area contributed by atoms with E-state index in [4.69, 9.17) is 11.6 Å². The Morgan fingerprint density at radius 3 is 2.70 bits per heavy atom. The van der Waals surface area contributed by atoms with Crippen LogP contribution in [0.2, 0.25) is 5.02 Å². The Balaban J connectivity index is 1.97. The molecule has 1 aromatic carbocycles. The van der Waals surface area contributed by atoms with Crippen LogP contribution in [0.4, 0.5) is 0 Å². The third-order valence-corrected chi connectivity index (χ3v) is 4.43. The maximum Gasteiger partial charge on any atom is 0.328 e. The predicted molar refractivity (Wildman–Crippen MR) is 82.2 cm³/mol. The molecular formula is C15H15ClN4O3. The molecule has 0 radical (unpaired) electrons. The van der Waals surface area contributed by atoms with Crippen molar-refractivity contribution in [1.29, 1.82) is 0 Å². The molecule has 8 heteroatoms. The Morgan fingerprint density at radius 2 is 2.04 bits per heavy atom. The zero-order valence-electron chi connectivity index (χ0n) is 12.7. The molecule has 7 nitrogen and oxygen atoms in total. The standard InChI is InChI=1S/C15H15ClN4O3/c1-8-3-4-10(5-11(8)16)14(21)20-7-13-18-17-9(2)19(13)6-12(20)15(22)23/h3-5,12H,6-7H2,1-2H3,(H,22,23). The summed E-state index contributed by atoms with van der Waals surface area (Å²) in [5.41, 5.74) is 1.21. The number of benzene rings is 1. The van der Waals surface area contributed by atoms with Crippen molar-refractivity contribution in [3.8, 4) is 0 Å². The molecule has 1 aliphatic rings. The van der Waals surface area contributed by atoms with Crippen LogP contribution < -0.4 is 0 Å². The van der Waals surface area contributed by atoms with Crippen LogP contribution in [0.15, 0.2) is 18.2 Å². The Morgan fingerprint density at radius 1 is 1.30 bits per heavy atom. The fraction of sp³-hybridized carbons (Fsp3) is 0.333. The van der Waals surface area contributed by atoms with Crippen molar-refractivity contribution in [2.75, 3.05) is 0 Å². The van der Waals surface area contributed by atoms with Crippen molar-refractivity contribution >= 4 is 23.5 Å². The lowest BCUT2D eigenvalue weighted by Crippen LogP contribution is -2.50. The first-order valence-electron chi connectivity index (χ1n) is 7.07. The van der Waals surface area contributed by atoms with Crippen LogP contribution in [0.5, 0.6) is 0 Å². The molecule has 1 amide bonds. The van der Waals surface area contributed by atoms with Crippen molar-refractivity contribution in [2.24, 2.45) is 0 Å². The molecule has 1 aliphatic heterocycles. The van der Waals surface area contributed by atoms with Gasteiger partial charge in [0.15, 0.2) is 5.82 Å². The van der Waals surface area contributed by atoms with Crippen LogP contribution in [0, 0.1) is 13.8 Å². The number of rotatable bonds is 2. The van der Waals surface area contributed by atoms with Crippen LogP contribution in [0.25, 0.3) is 0 Å². The summed E-state index contributed by atoms with van der Waals surface area (Å²) >= 11 is 6.07. The Labute approximate surface area is 137 Å². The minimum Gasteiger partial charge on any atom is -0.480 e. The van der Waals surface area contributed by atoms with Gasteiger partial charge in [0.2, 0.25) is 0 Å². The first-order valence-corrected chi connectivity index (χ1v) is 7.45. The van der Waals surface area contributed by atoms with Crippen molar-refractivity contribution in [1.82, 2.24) is 19.7 Å². The highest BCUT2D eigenvalue weighted by atomic mass is 35.5. The first-order chi connectivity index (χ1) is 10.9. The highest BCUT2D eigenvalue weighted by Crippen LogP contribution is 2.23. The minimum absolute atomic E-state index is 0.0993. The van der Waals surface area contributed by atoms with E-state index in [1.807, 2.05) is 6.92 Å². The largest absolute Gasteiger partial charge is 0.480 e. The molecule has 1 atom stereocenters. The summed E-state index contributed by atoms with van der Waals surface area (Å²) in [5, 5.41) is 17.9. The summed E-state index contributed by atoms with van der Waals surface area (Å²) in [6, 6.07) is 3.97. The van der Waals surface area contributed by atoms with Gasteiger partial charge in [-0.2, -0.15) is 0 Å². The smallest absolute Gasteiger partial charge is 0.328 e. The molecule has 0 spiro atoms. The SMILES string of the molecule is Cc1ccc(C(=O)N2Cc3nnc(C)n3CC2C(=O)O)cc1Cl. The number of carbonyl (C=O) groups is 2. The van der Waals surface area contributed by atoms with E-state index in [0.29, 0.717) is 22.2 Å². The molecule has 0 bridgehead atoms. The van der Waals surface area contributed by atoms with E-state index >= 15 is 0 Å². The molecular weight excluding hydrogens is 320 g/mol. The number of aryl methyl sites for hydroxylation is 2. The topological polar surface area (TPSA) is 88.3 Å². The number of fused-ring (bicyclic) bond motifs is 1. The highest BCUT2D eigenvalue weighted by Gasteiger charge is 2.36. The number of aliphatic carboxylic acids is 1. The van der Waals surface area contributed by atoms with Crippen molar-refractivity contribution < 1.29 is 14.7 Å². The Bertz CT molecular complexity index is 802. The predicted octanol–water partition coefficient (Wildman–Crippen LogP) is 1.66. The molecule has 2 aromatic rings. The van der Waals surface area contributed by atoms with E-state index in [2.05, 4.69) is 10.2 Å². The van der Waals surface area contributed by atoms with E-state index < -0.39 is 12.0 Å². The van der Waals surface area contributed by atoms with Gasteiger partial charge >= 0.3 is 5.97 Å². The number of hydrogen-bond acceptors (Lipinski definition) is 4. The number of carboxylic acids is 1. The molecule has 0 saturated heterocycles. The normalized spacial score (nSPS) is 17.0. The maximum absolute atomic E-state index is 12.7. The molecule has 0 fully saturated rings. The number of carboxylic acid groups (broad SMARTS) is 1. The summed E-state index contributed by atoms with van der Waals surface area (Å²) in [4.78, 5) is 25.6. The average Bonchev–Trinajstić information content (AvgIpc) is 2.88. The number of aromatic nitrogens is 3. The second kappa shape index (κ2) is 5.66. The average molecular weight is 335 g/mol. The van der Waals surface area contributed by atoms with Gasteiger partial charge in [-0.25, -0.2) is 4.79 Å². The van der Waals surface area contributed by atoms with Crippen molar-refractivity contribution in [2.45, 2.75) is 33.0 Å². The highest BCUT2D eigenvalue weighted by molar-refractivity contribution is 6.31. The molecule has 2 heterocycles. The van der Waals surface area contributed by atoms with Gasteiger partial charge in [-0.15, -0.1) is 10.2 Å². The van der Waals surface area contributed by atoms with Gasteiger partial charge in [-0.1, -0.05) is 17.7 Å². The molecule has 1 N–H and O–H groups in total. The quantitative estimate of drug-likeness (QED) is 0.902. The number of amides is 1. The fourth-order valence-corrected chi connectivity index (χ4v) is 2.81. The minimum atomic E-state index is -1.06. The van der Waals surface area contributed by atoms with Gasteiger partial charge in [0.05, 0.1) is 13.1 Å². The fourth-order valence-electron chi connectivity index (χ4n) is 2.63. The van der Waals surface area contributed by atoms with E-state index in [9.17, 15) is 14.7 Å². The summed E-state index contributed by atoms with van der Waals surface area (Å²) in [7, 11) is 0. The summed E-state index contributed by atoms with van der Waals surface area (Å²) in [6.45, 7) is 3.83. The van der Waals surface area contributed by atoms with Crippen molar-refractivity contribution in [3.05, 3.63) is 46.0 Å². The summed E-state index contributed by atoms with van der Waals surface area (Å²) in [6.07, 6.45) is 0. The maximum atomic E-state index is 12.7. The molecule has 0 aliphatic carbocycles. The number of halogens is 1. The molecule has 0 saturated carbocycles. The Hall–Kier alpha value is -2.41. The molecule has 1 unspecified atom stereocenters. The lowest BCUT2D eigenvalue weighted by molar-refractivity contribution is -0.143. The van der Waals surface area contributed by atoms with Crippen LogP contribution in [0.3, 0.4) is 0 Å². The van der Waals surface area contributed by atoms with Crippen LogP contribution in [-0.2, 0) is 17.9 Å². The van der Waals surface area contributed by atoms with Gasteiger partial charge in [-0.05, 0) is 31.5 Å². The monoisotopic (exact) mass is 334 g/mol. The summed E-state index contributed by atoms with van der Waals surface area (Å²) in [5.74, 6) is -0.232. The third kappa shape index (κ3) is 2.68. The lowest BCUT2D eigenvalue weighted by atomic mass is 10.1. The van der Waals surface area contributed by atoms with Crippen LogP contribution >= 0.6 is 11.6 Å². The van der Waals surface area contributed by atoms with Crippen molar-refractivity contribution in [3.63, 3.8) is 0 Å². The van der Waals surface area contributed by atoms with Gasteiger partial charge in [0, 0.05) is 10.6 Å². The summed E-state index contributed by atoms with van der Waals surface area (Å²) < 4.78 is 1.73. The zero-order valence-corrected chi connectivity index (χ0v) is 13.4.